The molecule has 0 aliphatic carbocycles. The van der Waals surface area contributed by atoms with Gasteiger partial charge in [0.15, 0.2) is 0 Å². The molecule has 0 aliphatic heterocycles. The maximum Gasteiger partial charge on any atom is 0.103 e. The molecule has 1 atom stereocenters. The largest absolute Gasteiger partial charge is 0.371 e. The Bertz CT molecular complexity index is 130. The van der Waals surface area contributed by atoms with Gasteiger partial charge in [-0.05, 0) is 12.8 Å². The molecule has 3 heteroatoms. The Balaban J connectivity index is 3.59. The summed E-state index contributed by atoms with van der Waals surface area (Å²) >= 11 is 0. The predicted molar refractivity (Wildman–Crippen MR) is 54.5 cm³/mol. The Labute approximate surface area is 76.5 Å². The van der Waals surface area contributed by atoms with Crippen LogP contribution in [0, 0.1) is 0 Å². The van der Waals surface area contributed by atoms with Gasteiger partial charge in [0, 0.05) is 5.66 Å². The average Bonchev–Trinajstić information content (AvgIpc) is 2.05. The van der Waals surface area contributed by atoms with Gasteiger partial charge in [-0.25, -0.2) is 0 Å². The highest BCUT2D eigenvalue weighted by Crippen LogP contribution is 2.27. The molecule has 0 heterocycles. The fourth-order valence-corrected chi connectivity index (χ4v) is 1.62. The van der Waals surface area contributed by atoms with Crippen LogP contribution in [0.2, 0.25) is 0 Å². The van der Waals surface area contributed by atoms with Gasteiger partial charge in [-0.2, -0.15) is 0 Å². The van der Waals surface area contributed by atoms with E-state index in [4.69, 9.17) is 4.74 Å². The van der Waals surface area contributed by atoms with Crippen LogP contribution in [0.25, 0.3) is 0 Å². The second-order valence-electron chi connectivity index (χ2n) is 3.37. The van der Waals surface area contributed by atoms with Gasteiger partial charge in [-0.1, -0.05) is 27.7 Å². The minimum absolute atomic E-state index is 0.282. The normalized spacial score (nSPS) is 14.2. The lowest BCUT2D eigenvalue weighted by atomic mass is 10.2. The van der Waals surface area contributed by atoms with Crippen molar-refractivity contribution < 1.29 is 9.30 Å². The Morgan fingerprint density at radius 2 is 1.75 bits per heavy atom. The van der Waals surface area contributed by atoms with Gasteiger partial charge >= 0.3 is 0 Å². The van der Waals surface area contributed by atoms with Crippen LogP contribution < -0.4 is 0 Å². The monoisotopic (exact) mass is 192 g/mol. The maximum absolute atomic E-state index is 11.3. The Hall–Kier alpha value is 0.190. The van der Waals surface area contributed by atoms with E-state index in [9.17, 15) is 4.57 Å². The van der Waals surface area contributed by atoms with Crippen LogP contribution in [0.4, 0.5) is 0 Å². The van der Waals surface area contributed by atoms with Crippen molar-refractivity contribution in [1.29, 1.82) is 0 Å². The molecular formula is C9H21O2P. The van der Waals surface area contributed by atoms with Crippen LogP contribution >= 0.6 is 7.80 Å². The zero-order chi connectivity index (χ0) is 9.56. The van der Waals surface area contributed by atoms with Crippen LogP contribution in [-0.2, 0) is 9.30 Å². The molecule has 0 rings (SSSR count). The zero-order valence-corrected chi connectivity index (χ0v) is 9.59. The summed E-state index contributed by atoms with van der Waals surface area (Å²) in [5.74, 6) is 0. The zero-order valence-electron chi connectivity index (χ0n) is 8.59. The molecule has 0 radical (unpaired) electrons. The van der Waals surface area contributed by atoms with Gasteiger partial charge in [0.05, 0.1) is 12.5 Å². The Morgan fingerprint density at radius 3 is 2.08 bits per heavy atom. The summed E-state index contributed by atoms with van der Waals surface area (Å²) in [5, 5.41) is 0. The molecule has 0 aromatic rings. The quantitative estimate of drug-likeness (QED) is 0.604. The molecule has 2 nitrogen and oxygen atoms in total. The van der Waals surface area contributed by atoms with Gasteiger partial charge < -0.3 is 9.30 Å². The molecule has 0 saturated carbocycles. The van der Waals surface area contributed by atoms with E-state index in [1.54, 1.807) is 0 Å². The molecule has 0 N–H and O–H groups in total. The summed E-state index contributed by atoms with van der Waals surface area (Å²) < 4.78 is 16.8. The third-order valence-electron chi connectivity index (χ3n) is 2.02. The van der Waals surface area contributed by atoms with E-state index in [-0.39, 0.29) is 5.66 Å². The van der Waals surface area contributed by atoms with E-state index in [0.29, 0.717) is 12.5 Å². The van der Waals surface area contributed by atoms with Crippen LogP contribution in [-0.4, -0.2) is 18.1 Å². The number of hydrogen-bond donors (Lipinski definition) is 0. The summed E-state index contributed by atoms with van der Waals surface area (Å²) in [6.45, 7) is 8.16. The summed E-state index contributed by atoms with van der Waals surface area (Å²) in [7, 11) is -1.49. The molecule has 0 amide bonds. The van der Waals surface area contributed by atoms with Gasteiger partial charge in [0.25, 0.3) is 0 Å². The molecule has 0 fully saturated rings. The SMILES string of the molecule is CCC(CC)OC[PH](=O)C(C)C. The lowest BCUT2D eigenvalue weighted by Crippen LogP contribution is -2.10. The van der Waals surface area contributed by atoms with Crippen molar-refractivity contribution in [2.75, 3.05) is 6.35 Å². The van der Waals surface area contributed by atoms with Crippen molar-refractivity contribution >= 4 is 7.80 Å². The van der Waals surface area contributed by atoms with E-state index < -0.39 is 7.80 Å². The van der Waals surface area contributed by atoms with Crippen LogP contribution in [0.1, 0.15) is 40.5 Å². The summed E-state index contributed by atoms with van der Waals surface area (Å²) in [4.78, 5) is 0. The van der Waals surface area contributed by atoms with Gasteiger partial charge in [0.1, 0.15) is 7.80 Å². The molecule has 1 unspecified atom stereocenters. The molecule has 0 aromatic heterocycles. The number of hydrogen-bond acceptors (Lipinski definition) is 2. The van der Waals surface area contributed by atoms with Crippen molar-refractivity contribution in [3.8, 4) is 0 Å². The highest BCUT2D eigenvalue weighted by molar-refractivity contribution is 7.45. The van der Waals surface area contributed by atoms with E-state index in [1.165, 1.54) is 0 Å². The van der Waals surface area contributed by atoms with E-state index >= 15 is 0 Å². The highest BCUT2D eigenvalue weighted by atomic mass is 31.1. The third kappa shape index (κ3) is 4.95. The van der Waals surface area contributed by atoms with Crippen LogP contribution in [0.3, 0.4) is 0 Å². The van der Waals surface area contributed by atoms with Gasteiger partial charge in [-0.3, -0.25) is 0 Å². The van der Waals surface area contributed by atoms with Gasteiger partial charge in [-0.15, -0.1) is 0 Å². The first-order chi connectivity index (χ1) is 5.61. The lowest BCUT2D eigenvalue weighted by molar-refractivity contribution is 0.0805. The fraction of sp³-hybridized carbons (Fsp3) is 1.00. The van der Waals surface area contributed by atoms with Crippen LogP contribution in [0.5, 0.6) is 0 Å². The molecule has 0 saturated heterocycles. The van der Waals surface area contributed by atoms with Crippen molar-refractivity contribution in [2.45, 2.75) is 52.3 Å². The smallest absolute Gasteiger partial charge is 0.103 e. The minimum Gasteiger partial charge on any atom is -0.371 e. The molecule has 0 bridgehead atoms. The number of rotatable bonds is 6. The molecule has 0 aromatic carbocycles. The first kappa shape index (κ1) is 12.2. The molecular weight excluding hydrogens is 171 g/mol. The van der Waals surface area contributed by atoms with Crippen molar-refractivity contribution in [1.82, 2.24) is 0 Å². The highest BCUT2D eigenvalue weighted by Gasteiger charge is 2.08. The third-order valence-corrected chi connectivity index (χ3v) is 3.76. The second kappa shape index (κ2) is 6.68. The maximum atomic E-state index is 11.3. The fourth-order valence-electron chi connectivity index (χ4n) is 0.891. The van der Waals surface area contributed by atoms with Crippen molar-refractivity contribution in [2.24, 2.45) is 0 Å². The topological polar surface area (TPSA) is 26.3 Å². The predicted octanol–water partition coefficient (Wildman–Crippen LogP) is 3.12. The molecule has 74 valence electrons. The number of ether oxygens (including phenoxy) is 1. The summed E-state index contributed by atoms with van der Waals surface area (Å²) in [5.41, 5.74) is 0.282. The molecule has 0 spiro atoms. The minimum atomic E-state index is -1.49. The van der Waals surface area contributed by atoms with E-state index in [1.807, 2.05) is 13.8 Å². The second-order valence-corrected chi connectivity index (χ2v) is 5.75. The van der Waals surface area contributed by atoms with Crippen molar-refractivity contribution in [3.05, 3.63) is 0 Å². The summed E-state index contributed by atoms with van der Waals surface area (Å²) in [6.07, 6.45) is 2.81. The lowest BCUT2D eigenvalue weighted by Gasteiger charge is -2.14. The first-order valence-electron chi connectivity index (χ1n) is 4.76. The standard InChI is InChI=1S/C9H21O2P/c1-5-9(6-2)11-7-12(10)8(3)4/h8-9,12H,5-7H2,1-4H3. The van der Waals surface area contributed by atoms with E-state index in [2.05, 4.69) is 13.8 Å². The van der Waals surface area contributed by atoms with Crippen molar-refractivity contribution in [3.63, 3.8) is 0 Å². The van der Waals surface area contributed by atoms with Gasteiger partial charge in [0.2, 0.25) is 0 Å². The molecule has 0 aliphatic rings. The summed E-state index contributed by atoms with van der Waals surface area (Å²) in [6, 6.07) is 0. The average molecular weight is 192 g/mol. The van der Waals surface area contributed by atoms with E-state index in [0.717, 1.165) is 12.8 Å². The Kier molecular flexibility index (Phi) is 6.78. The Morgan fingerprint density at radius 1 is 1.25 bits per heavy atom. The van der Waals surface area contributed by atoms with Crippen LogP contribution in [0.15, 0.2) is 0 Å². The molecule has 12 heavy (non-hydrogen) atoms. The first-order valence-corrected chi connectivity index (χ1v) is 6.45.